The Kier molecular flexibility index (Phi) is 6.80. The van der Waals surface area contributed by atoms with Crippen molar-refractivity contribution in [3.8, 4) is 0 Å². The van der Waals surface area contributed by atoms with Crippen LogP contribution in [0.25, 0.3) is 0 Å². The molecular weight excluding hydrogens is 386 g/mol. The number of carbonyl (C=O) groups is 1. The minimum absolute atomic E-state index is 0.136. The van der Waals surface area contributed by atoms with E-state index in [1.54, 1.807) is 6.92 Å². The van der Waals surface area contributed by atoms with E-state index in [1.807, 2.05) is 60.7 Å². The van der Waals surface area contributed by atoms with Crippen molar-refractivity contribution in [2.24, 2.45) is 0 Å². The summed E-state index contributed by atoms with van der Waals surface area (Å²) in [6.07, 6.45) is 0. The monoisotopic (exact) mass is 409 g/mol. The van der Waals surface area contributed by atoms with Crippen LogP contribution < -0.4 is 0 Å². The van der Waals surface area contributed by atoms with Gasteiger partial charge >= 0.3 is 5.97 Å². The number of nitrogens with zero attached hydrogens (tertiary/aromatic N) is 1. The summed E-state index contributed by atoms with van der Waals surface area (Å²) < 4.78 is 33.1. The molecule has 3 rings (SSSR count). The molecule has 0 saturated carbocycles. The van der Waals surface area contributed by atoms with Crippen LogP contribution in [0.2, 0.25) is 0 Å². The Hall–Kier alpha value is -2.96. The van der Waals surface area contributed by atoms with Gasteiger partial charge in [-0.05, 0) is 42.3 Å². The molecule has 0 aromatic heterocycles. The molecule has 150 valence electrons. The smallest absolute Gasteiger partial charge is 0.338 e. The molecule has 0 fully saturated rings. The summed E-state index contributed by atoms with van der Waals surface area (Å²) in [6, 6.07) is 24.8. The summed E-state index contributed by atoms with van der Waals surface area (Å²) in [5.74, 6) is -0.470. The Bertz CT molecular complexity index is 992. The number of carbonyl (C=O) groups excluding carboxylic acids is 1. The van der Waals surface area contributed by atoms with E-state index in [9.17, 15) is 13.2 Å². The van der Waals surface area contributed by atoms with Gasteiger partial charge in [-0.1, -0.05) is 60.7 Å². The highest BCUT2D eigenvalue weighted by molar-refractivity contribution is 7.89. The Labute approximate surface area is 171 Å². The zero-order valence-electron chi connectivity index (χ0n) is 16.2. The van der Waals surface area contributed by atoms with Crippen LogP contribution in [0, 0.1) is 0 Å². The quantitative estimate of drug-likeness (QED) is 0.522. The lowest BCUT2D eigenvalue weighted by molar-refractivity contribution is 0.0526. The van der Waals surface area contributed by atoms with Gasteiger partial charge < -0.3 is 4.74 Å². The number of hydrogen-bond acceptors (Lipinski definition) is 4. The lowest BCUT2D eigenvalue weighted by atomic mass is 10.2. The number of benzene rings is 3. The fourth-order valence-electron chi connectivity index (χ4n) is 2.93. The number of hydrogen-bond donors (Lipinski definition) is 0. The fraction of sp³-hybridized carbons (Fsp3) is 0.174. The molecule has 0 aliphatic carbocycles. The standard InChI is InChI=1S/C23H23NO4S/c1-2-28-23(25)21-13-15-22(16-14-21)29(26,27)24(17-19-9-5-3-6-10-19)18-20-11-7-4-8-12-20/h3-16H,2,17-18H2,1H3. The van der Waals surface area contributed by atoms with E-state index in [2.05, 4.69) is 0 Å². The number of esters is 1. The Morgan fingerprint density at radius 1 is 0.793 bits per heavy atom. The molecule has 0 N–H and O–H groups in total. The molecule has 0 aliphatic heterocycles. The second kappa shape index (κ2) is 9.49. The van der Waals surface area contributed by atoms with Crippen molar-refractivity contribution in [1.82, 2.24) is 4.31 Å². The van der Waals surface area contributed by atoms with E-state index >= 15 is 0 Å². The molecule has 0 atom stereocenters. The molecule has 0 saturated heterocycles. The first-order valence-corrected chi connectivity index (χ1v) is 10.8. The van der Waals surface area contributed by atoms with Gasteiger partial charge in [-0.3, -0.25) is 0 Å². The number of sulfonamides is 1. The number of ether oxygens (including phenoxy) is 1. The molecule has 6 heteroatoms. The van der Waals surface area contributed by atoms with Gasteiger partial charge in [0.25, 0.3) is 0 Å². The van der Waals surface area contributed by atoms with Crippen LogP contribution in [0.1, 0.15) is 28.4 Å². The predicted octanol–water partition coefficient (Wildman–Crippen LogP) is 4.25. The predicted molar refractivity (Wildman–Crippen MR) is 112 cm³/mol. The first-order chi connectivity index (χ1) is 14.0. The minimum Gasteiger partial charge on any atom is -0.462 e. The summed E-state index contributed by atoms with van der Waals surface area (Å²) in [6.45, 7) is 2.48. The van der Waals surface area contributed by atoms with E-state index in [0.29, 0.717) is 5.56 Å². The normalized spacial score (nSPS) is 11.4. The van der Waals surface area contributed by atoms with Crippen molar-refractivity contribution in [3.05, 3.63) is 102 Å². The zero-order valence-corrected chi connectivity index (χ0v) is 17.0. The van der Waals surface area contributed by atoms with E-state index in [-0.39, 0.29) is 24.6 Å². The molecular formula is C23H23NO4S. The molecule has 0 spiro atoms. The number of rotatable bonds is 8. The van der Waals surface area contributed by atoms with Crippen molar-refractivity contribution < 1.29 is 17.9 Å². The molecule has 0 radical (unpaired) electrons. The van der Waals surface area contributed by atoms with Gasteiger partial charge in [0, 0.05) is 13.1 Å². The molecule has 0 aliphatic rings. The van der Waals surface area contributed by atoms with Crippen molar-refractivity contribution in [2.45, 2.75) is 24.9 Å². The third-order valence-corrected chi connectivity index (χ3v) is 6.21. The van der Waals surface area contributed by atoms with Crippen LogP contribution in [0.5, 0.6) is 0 Å². The zero-order chi connectivity index (χ0) is 20.7. The van der Waals surface area contributed by atoms with E-state index in [1.165, 1.54) is 28.6 Å². The maximum Gasteiger partial charge on any atom is 0.338 e. The largest absolute Gasteiger partial charge is 0.462 e. The molecule has 5 nitrogen and oxygen atoms in total. The van der Waals surface area contributed by atoms with Crippen LogP contribution >= 0.6 is 0 Å². The molecule has 3 aromatic carbocycles. The van der Waals surface area contributed by atoms with Crippen molar-refractivity contribution >= 4 is 16.0 Å². The van der Waals surface area contributed by atoms with Gasteiger partial charge in [0.2, 0.25) is 10.0 Å². The summed E-state index contributed by atoms with van der Waals surface area (Å²) in [4.78, 5) is 12.0. The van der Waals surface area contributed by atoms with Crippen molar-refractivity contribution in [3.63, 3.8) is 0 Å². The maximum atomic E-state index is 13.4. The van der Waals surface area contributed by atoms with Gasteiger partial charge in [-0.25, -0.2) is 13.2 Å². The van der Waals surface area contributed by atoms with Gasteiger partial charge in [-0.15, -0.1) is 0 Å². The summed E-state index contributed by atoms with van der Waals surface area (Å²) in [7, 11) is -3.77. The van der Waals surface area contributed by atoms with Crippen LogP contribution in [-0.4, -0.2) is 25.3 Å². The van der Waals surface area contributed by atoms with E-state index < -0.39 is 16.0 Å². The Morgan fingerprint density at radius 2 is 1.28 bits per heavy atom. The van der Waals surface area contributed by atoms with Crippen molar-refractivity contribution in [2.75, 3.05) is 6.61 Å². The average Bonchev–Trinajstić information content (AvgIpc) is 2.75. The highest BCUT2D eigenvalue weighted by Crippen LogP contribution is 2.22. The molecule has 0 heterocycles. The maximum absolute atomic E-state index is 13.4. The van der Waals surface area contributed by atoms with E-state index in [4.69, 9.17) is 4.74 Å². The Balaban J connectivity index is 1.91. The summed E-state index contributed by atoms with van der Waals surface area (Å²) in [5, 5.41) is 0. The van der Waals surface area contributed by atoms with Crippen LogP contribution in [-0.2, 0) is 27.8 Å². The third-order valence-electron chi connectivity index (χ3n) is 4.41. The first-order valence-electron chi connectivity index (χ1n) is 9.36. The third kappa shape index (κ3) is 5.31. The topological polar surface area (TPSA) is 63.7 Å². The highest BCUT2D eigenvalue weighted by Gasteiger charge is 2.25. The molecule has 0 unspecified atom stereocenters. The molecule has 0 amide bonds. The second-order valence-corrected chi connectivity index (χ2v) is 8.43. The highest BCUT2D eigenvalue weighted by atomic mass is 32.2. The summed E-state index contributed by atoms with van der Waals surface area (Å²) >= 11 is 0. The van der Waals surface area contributed by atoms with Crippen LogP contribution in [0.4, 0.5) is 0 Å². The van der Waals surface area contributed by atoms with E-state index in [0.717, 1.165) is 11.1 Å². The van der Waals surface area contributed by atoms with Gasteiger partial charge in [0.05, 0.1) is 17.1 Å². The fourth-order valence-corrected chi connectivity index (χ4v) is 4.34. The average molecular weight is 410 g/mol. The van der Waals surface area contributed by atoms with Gasteiger partial charge in [0.15, 0.2) is 0 Å². The SMILES string of the molecule is CCOC(=O)c1ccc(S(=O)(=O)N(Cc2ccccc2)Cc2ccccc2)cc1. The van der Waals surface area contributed by atoms with Gasteiger partial charge in [-0.2, -0.15) is 4.31 Å². The molecule has 0 bridgehead atoms. The van der Waals surface area contributed by atoms with Crippen LogP contribution in [0.3, 0.4) is 0 Å². The van der Waals surface area contributed by atoms with Crippen molar-refractivity contribution in [1.29, 1.82) is 0 Å². The lowest BCUT2D eigenvalue weighted by Crippen LogP contribution is -2.30. The minimum atomic E-state index is -3.77. The second-order valence-electron chi connectivity index (χ2n) is 6.49. The summed E-state index contributed by atoms with van der Waals surface area (Å²) in [5.41, 5.74) is 2.12. The van der Waals surface area contributed by atoms with Crippen LogP contribution in [0.15, 0.2) is 89.8 Å². The molecule has 29 heavy (non-hydrogen) atoms. The van der Waals surface area contributed by atoms with Gasteiger partial charge in [0.1, 0.15) is 0 Å². The molecule has 3 aromatic rings. The Morgan fingerprint density at radius 3 is 1.72 bits per heavy atom. The lowest BCUT2D eigenvalue weighted by Gasteiger charge is -2.23. The first kappa shape index (κ1) is 20.8.